The van der Waals surface area contributed by atoms with Gasteiger partial charge >= 0.3 is 5.97 Å². The second kappa shape index (κ2) is 9.71. The Morgan fingerprint density at radius 3 is 2.52 bits per heavy atom. The Kier molecular flexibility index (Phi) is 7.81. The molecule has 0 aromatic heterocycles. The zero-order valence-electron chi connectivity index (χ0n) is 16.8. The van der Waals surface area contributed by atoms with Crippen LogP contribution in [0.1, 0.15) is 18.0 Å². The maximum absolute atomic E-state index is 12.6. The van der Waals surface area contributed by atoms with E-state index >= 15 is 0 Å². The topological polar surface area (TPSA) is 93.2 Å². The lowest BCUT2D eigenvalue weighted by Gasteiger charge is -2.37. The zero-order chi connectivity index (χ0) is 21.8. The summed E-state index contributed by atoms with van der Waals surface area (Å²) in [5, 5.41) is 0.410. The molecule has 0 bridgehead atoms. The highest BCUT2D eigenvalue weighted by atomic mass is 35.5. The molecule has 2 unspecified atom stereocenters. The van der Waals surface area contributed by atoms with Crippen molar-refractivity contribution in [2.45, 2.75) is 18.6 Å². The molecule has 1 heterocycles. The molecule has 2 atom stereocenters. The van der Waals surface area contributed by atoms with Crippen LogP contribution < -0.4 is 0 Å². The van der Waals surface area contributed by atoms with Crippen LogP contribution in [0.2, 0.25) is 5.02 Å². The number of hydrogen-bond donors (Lipinski definition) is 0. The molecule has 1 aromatic carbocycles. The maximum Gasteiger partial charge on any atom is 0.327 e. The van der Waals surface area contributed by atoms with E-state index in [2.05, 4.69) is 0 Å². The van der Waals surface area contributed by atoms with Gasteiger partial charge in [0.05, 0.1) is 13.4 Å². The van der Waals surface area contributed by atoms with Gasteiger partial charge in [0.25, 0.3) is 10.1 Å². The van der Waals surface area contributed by atoms with E-state index in [9.17, 15) is 18.0 Å². The Morgan fingerprint density at radius 2 is 1.97 bits per heavy atom. The summed E-state index contributed by atoms with van der Waals surface area (Å²) in [6.45, 7) is 0.490. The van der Waals surface area contributed by atoms with Crippen LogP contribution in [0.3, 0.4) is 0 Å². The SMILES string of the molecule is COC(=O)C(c1ccccc1Cl)N1CCC(OS(C)(=O)=O)/C(=C\C(=O)N(C)C)C1. The van der Waals surface area contributed by atoms with E-state index in [1.807, 2.05) is 0 Å². The summed E-state index contributed by atoms with van der Waals surface area (Å²) in [6, 6.07) is 6.14. The van der Waals surface area contributed by atoms with Gasteiger partial charge in [0.15, 0.2) is 0 Å². The quantitative estimate of drug-likeness (QED) is 0.374. The molecule has 8 nitrogen and oxygen atoms in total. The standard InChI is InChI=1S/C19H25ClN2O6S/c1-21(2)17(23)11-13-12-22(10-9-16(13)28-29(4,25)26)18(19(24)27-3)14-7-5-6-8-15(14)20/h5-8,11,16,18H,9-10,12H2,1-4H3/b13-11-. The molecular formula is C19H25ClN2O6S. The number of likely N-dealkylation sites (tertiary alicyclic amines) is 1. The first kappa shape index (κ1) is 23.3. The first-order chi connectivity index (χ1) is 13.5. The van der Waals surface area contributed by atoms with Gasteiger partial charge in [-0.05, 0) is 23.6 Å². The molecular weight excluding hydrogens is 420 g/mol. The second-order valence-electron chi connectivity index (χ2n) is 6.95. The van der Waals surface area contributed by atoms with Gasteiger partial charge in [-0.2, -0.15) is 8.42 Å². The Hall–Kier alpha value is -1.94. The highest BCUT2D eigenvalue weighted by Crippen LogP contribution is 2.33. The minimum absolute atomic E-state index is 0.144. The Balaban J connectivity index is 2.41. The predicted octanol–water partition coefficient (Wildman–Crippen LogP) is 1.62. The molecule has 1 aliphatic rings. The normalized spacial score (nSPS) is 20.3. The van der Waals surface area contributed by atoms with E-state index < -0.39 is 28.2 Å². The van der Waals surface area contributed by atoms with Crippen molar-refractivity contribution in [2.75, 3.05) is 40.6 Å². The number of esters is 1. The number of piperidine rings is 1. The molecule has 160 valence electrons. The average molecular weight is 445 g/mol. The molecule has 0 spiro atoms. The molecule has 1 saturated heterocycles. The Labute approximate surface area is 176 Å². The number of carbonyl (C=O) groups excluding carboxylic acids is 2. The third-order valence-electron chi connectivity index (χ3n) is 4.51. The summed E-state index contributed by atoms with van der Waals surface area (Å²) >= 11 is 6.30. The fourth-order valence-electron chi connectivity index (χ4n) is 3.13. The number of hydrogen-bond acceptors (Lipinski definition) is 7. The van der Waals surface area contributed by atoms with Crippen LogP contribution in [0.4, 0.5) is 0 Å². The van der Waals surface area contributed by atoms with E-state index in [4.69, 9.17) is 20.5 Å². The number of rotatable bonds is 6. The molecule has 29 heavy (non-hydrogen) atoms. The van der Waals surface area contributed by atoms with Gasteiger partial charge in [-0.25, -0.2) is 4.79 Å². The van der Waals surface area contributed by atoms with Crippen LogP contribution >= 0.6 is 11.6 Å². The lowest BCUT2D eigenvalue weighted by molar-refractivity contribution is -0.147. The Bertz CT molecular complexity index is 900. The first-order valence-corrected chi connectivity index (χ1v) is 11.1. The van der Waals surface area contributed by atoms with Crippen molar-refractivity contribution in [3.05, 3.63) is 46.5 Å². The number of ether oxygens (including phenoxy) is 1. The third-order valence-corrected chi connectivity index (χ3v) is 5.43. The number of methoxy groups -OCH3 is 1. The van der Waals surface area contributed by atoms with Crippen LogP contribution in [-0.2, 0) is 28.6 Å². The van der Waals surface area contributed by atoms with E-state index in [1.165, 1.54) is 18.1 Å². The van der Waals surface area contributed by atoms with Crippen molar-refractivity contribution in [2.24, 2.45) is 0 Å². The van der Waals surface area contributed by atoms with Gasteiger partial charge in [-0.3, -0.25) is 13.9 Å². The lowest BCUT2D eigenvalue weighted by atomic mass is 9.96. The van der Waals surface area contributed by atoms with Crippen LogP contribution in [0, 0.1) is 0 Å². The molecule has 10 heteroatoms. The van der Waals surface area contributed by atoms with E-state index in [-0.39, 0.29) is 18.9 Å². The molecule has 1 fully saturated rings. The largest absolute Gasteiger partial charge is 0.468 e. The summed E-state index contributed by atoms with van der Waals surface area (Å²) < 4.78 is 33.5. The van der Waals surface area contributed by atoms with Crippen LogP contribution in [0.25, 0.3) is 0 Å². The summed E-state index contributed by atoms with van der Waals surface area (Å²) in [5.41, 5.74) is 1.03. The summed E-state index contributed by atoms with van der Waals surface area (Å²) in [5.74, 6) is -0.810. The van der Waals surface area contributed by atoms with Gasteiger partial charge in [0.1, 0.15) is 12.1 Å². The van der Waals surface area contributed by atoms with Gasteiger partial charge < -0.3 is 9.64 Å². The number of benzene rings is 1. The minimum Gasteiger partial charge on any atom is -0.468 e. The summed E-state index contributed by atoms with van der Waals surface area (Å²) in [4.78, 5) is 28.0. The molecule has 1 aliphatic heterocycles. The fraction of sp³-hybridized carbons (Fsp3) is 0.474. The van der Waals surface area contributed by atoms with Crippen molar-refractivity contribution in [1.29, 1.82) is 0 Å². The monoisotopic (exact) mass is 444 g/mol. The molecule has 1 aromatic rings. The smallest absolute Gasteiger partial charge is 0.327 e. The summed E-state index contributed by atoms with van der Waals surface area (Å²) in [7, 11) is 0.744. The number of nitrogens with zero attached hydrogens (tertiary/aromatic N) is 2. The van der Waals surface area contributed by atoms with E-state index in [0.29, 0.717) is 22.7 Å². The Morgan fingerprint density at radius 1 is 1.31 bits per heavy atom. The van der Waals surface area contributed by atoms with Crippen molar-refractivity contribution in [1.82, 2.24) is 9.80 Å². The maximum atomic E-state index is 12.6. The highest BCUT2D eigenvalue weighted by Gasteiger charge is 2.36. The molecule has 0 saturated carbocycles. The van der Waals surface area contributed by atoms with Crippen molar-refractivity contribution >= 4 is 33.6 Å². The molecule has 0 radical (unpaired) electrons. The van der Waals surface area contributed by atoms with Crippen molar-refractivity contribution in [3.63, 3.8) is 0 Å². The van der Waals surface area contributed by atoms with Gasteiger partial charge in [0.2, 0.25) is 5.91 Å². The third kappa shape index (κ3) is 6.27. The van der Waals surface area contributed by atoms with E-state index in [1.54, 1.807) is 43.3 Å². The predicted molar refractivity (Wildman–Crippen MR) is 109 cm³/mol. The number of likely N-dealkylation sites (N-methyl/N-ethyl adjacent to an activating group) is 1. The van der Waals surface area contributed by atoms with Crippen LogP contribution in [0.5, 0.6) is 0 Å². The van der Waals surface area contributed by atoms with Crippen LogP contribution in [0.15, 0.2) is 35.9 Å². The number of amides is 1. The minimum atomic E-state index is -3.73. The van der Waals surface area contributed by atoms with E-state index in [0.717, 1.165) is 6.26 Å². The highest BCUT2D eigenvalue weighted by molar-refractivity contribution is 7.86. The molecule has 0 N–H and O–H groups in total. The van der Waals surface area contributed by atoms with Crippen molar-refractivity contribution < 1.29 is 26.9 Å². The number of halogens is 1. The average Bonchev–Trinajstić information content (AvgIpc) is 2.64. The lowest BCUT2D eigenvalue weighted by Crippen LogP contribution is -2.45. The zero-order valence-corrected chi connectivity index (χ0v) is 18.4. The molecule has 2 rings (SSSR count). The van der Waals surface area contributed by atoms with Gasteiger partial charge in [0, 0.05) is 38.3 Å². The molecule has 1 amide bonds. The van der Waals surface area contributed by atoms with Crippen LogP contribution in [-0.4, -0.2) is 76.7 Å². The molecule has 0 aliphatic carbocycles. The van der Waals surface area contributed by atoms with Gasteiger partial charge in [-0.15, -0.1) is 0 Å². The summed E-state index contributed by atoms with van der Waals surface area (Å²) in [6.07, 6.45) is 1.81. The van der Waals surface area contributed by atoms with Gasteiger partial charge in [-0.1, -0.05) is 29.8 Å². The second-order valence-corrected chi connectivity index (χ2v) is 8.96. The number of carbonyl (C=O) groups is 2. The first-order valence-electron chi connectivity index (χ1n) is 8.89. The fourth-order valence-corrected chi connectivity index (χ4v) is 4.01. The van der Waals surface area contributed by atoms with Crippen molar-refractivity contribution in [3.8, 4) is 0 Å².